The summed E-state index contributed by atoms with van der Waals surface area (Å²) < 4.78 is 148. The molecule has 5 rings (SSSR count). The van der Waals surface area contributed by atoms with Gasteiger partial charge in [0.15, 0.2) is 28.2 Å². The van der Waals surface area contributed by atoms with Gasteiger partial charge in [0.1, 0.15) is 5.75 Å². The fourth-order valence-corrected chi connectivity index (χ4v) is 7.43. The minimum atomic E-state index is -6.02. The standard InChI is InChI=1S/C38H34F8N2O6S/c1-37(2,3)25-14-20(13-24(15-25)21-9-10-21)17-48(27-12-11-22(36(50)51)16-28(27)54-4)29(49)19-47(18-23-7-5-6-8-26(23)38(44,45)46)55(52,53)35-33(42)31(40)30(39)32(41)34(35)43/h5-8,11-16,21H,9-10,17-19H2,1-4H3,(H,50,51). The highest BCUT2D eigenvalue weighted by Crippen LogP contribution is 2.42. The Morgan fingerprint density at radius 1 is 0.836 bits per heavy atom. The molecular formula is C38H34F8N2O6S. The molecule has 294 valence electrons. The number of aromatic carboxylic acids is 1. The van der Waals surface area contributed by atoms with Crippen LogP contribution in [0.2, 0.25) is 0 Å². The zero-order valence-corrected chi connectivity index (χ0v) is 30.5. The van der Waals surface area contributed by atoms with Crippen molar-refractivity contribution < 1.29 is 63.0 Å². The van der Waals surface area contributed by atoms with Crippen LogP contribution in [0.4, 0.5) is 40.8 Å². The van der Waals surface area contributed by atoms with Gasteiger partial charge in [0.25, 0.3) is 0 Å². The number of sulfonamides is 1. The van der Waals surface area contributed by atoms with Crippen LogP contribution in [-0.2, 0) is 39.5 Å². The first kappa shape index (κ1) is 41.1. The average molecular weight is 799 g/mol. The molecule has 1 amide bonds. The highest BCUT2D eigenvalue weighted by molar-refractivity contribution is 7.89. The van der Waals surface area contributed by atoms with Gasteiger partial charge in [0.05, 0.1) is 37.0 Å². The SMILES string of the molecule is COc1cc(C(=O)O)ccc1N(Cc1cc(C2CC2)cc(C(C)(C)C)c1)C(=O)CN(Cc1ccccc1C(F)(F)F)S(=O)(=O)c1c(F)c(F)c(F)c(F)c1F. The third-order valence-corrected chi connectivity index (χ3v) is 10.8. The molecule has 0 heterocycles. The van der Waals surface area contributed by atoms with Gasteiger partial charge < -0.3 is 14.7 Å². The van der Waals surface area contributed by atoms with Crippen LogP contribution in [0, 0.1) is 29.1 Å². The number of rotatable bonds is 12. The quantitative estimate of drug-likeness (QED) is 0.0874. The number of methoxy groups -OCH3 is 1. The summed E-state index contributed by atoms with van der Waals surface area (Å²) in [5, 5.41) is 9.58. The molecule has 0 bridgehead atoms. The fourth-order valence-electron chi connectivity index (χ4n) is 5.95. The second kappa shape index (κ2) is 15.2. The van der Waals surface area contributed by atoms with Gasteiger partial charge in [-0.25, -0.2) is 35.2 Å². The Morgan fingerprint density at radius 3 is 1.98 bits per heavy atom. The number of hydrogen-bond acceptors (Lipinski definition) is 5. The van der Waals surface area contributed by atoms with Crippen molar-refractivity contribution in [2.45, 2.75) is 69.1 Å². The summed E-state index contributed by atoms with van der Waals surface area (Å²) in [4.78, 5) is 24.8. The maximum absolute atomic E-state index is 15.1. The van der Waals surface area contributed by atoms with E-state index in [2.05, 4.69) is 0 Å². The van der Waals surface area contributed by atoms with E-state index >= 15 is 8.78 Å². The maximum atomic E-state index is 15.1. The highest BCUT2D eigenvalue weighted by atomic mass is 32.2. The molecule has 0 spiro atoms. The number of carbonyl (C=O) groups is 2. The van der Waals surface area contributed by atoms with Crippen LogP contribution in [0.3, 0.4) is 0 Å². The second-order valence-electron chi connectivity index (χ2n) is 14.0. The van der Waals surface area contributed by atoms with Crippen molar-refractivity contribution in [3.8, 4) is 5.75 Å². The molecule has 1 fully saturated rings. The Morgan fingerprint density at radius 2 is 1.44 bits per heavy atom. The molecular weight excluding hydrogens is 764 g/mol. The van der Waals surface area contributed by atoms with E-state index in [0.717, 1.165) is 72.4 Å². The van der Waals surface area contributed by atoms with E-state index in [-0.39, 0.29) is 33.8 Å². The van der Waals surface area contributed by atoms with Crippen molar-refractivity contribution in [2.75, 3.05) is 18.6 Å². The molecule has 0 unspecified atom stereocenters. The van der Waals surface area contributed by atoms with Crippen molar-refractivity contribution in [2.24, 2.45) is 0 Å². The van der Waals surface area contributed by atoms with Crippen molar-refractivity contribution in [3.05, 3.63) is 123 Å². The maximum Gasteiger partial charge on any atom is 0.416 e. The van der Waals surface area contributed by atoms with E-state index in [1.165, 1.54) is 0 Å². The van der Waals surface area contributed by atoms with E-state index in [0.29, 0.717) is 11.6 Å². The Hall–Kier alpha value is -5.03. The second-order valence-corrected chi connectivity index (χ2v) is 15.9. The van der Waals surface area contributed by atoms with Crippen molar-refractivity contribution in [3.63, 3.8) is 0 Å². The molecule has 55 heavy (non-hydrogen) atoms. The number of anilines is 1. The minimum Gasteiger partial charge on any atom is -0.495 e. The summed E-state index contributed by atoms with van der Waals surface area (Å²) in [6.45, 7) is 2.53. The molecule has 0 atom stereocenters. The zero-order chi connectivity index (χ0) is 40.8. The third-order valence-electron chi connectivity index (χ3n) is 9.04. The van der Waals surface area contributed by atoms with Gasteiger partial charge in [-0.15, -0.1) is 0 Å². The monoisotopic (exact) mass is 798 g/mol. The summed E-state index contributed by atoms with van der Waals surface area (Å²) in [5.74, 6) is -16.2. The summed E-state index contributed by atoms with van der Waals surface area (Å²) in [6, 6.07) is 12.3. The molecule has 1 N–H and O–H groups in total. The fraction of sp³-hybridized carbons (Fsp3) is 0.316. The number of nitrogens with zero attached hydrogens (tertiary/aromatic N) is 2. The van der Waals surface area contributed by atoms with Gasteiger partial charge in [-0.1, -0.05) is 57.2 Å². The van der Waals surface area contributed by atoms with Crippen LogP contribution in [0.15, 0.2) is 65.6 Å². The van der Waals surface area contributed by atoms with Crippen LogP contribution >= 0.6 is 0 Å². The van der Waals surface area contributed by atoms with E-state index < -0.39 is 91.7 Å². The number of hydrogen-bond donors (Lipinski definition) is 1. The molecule has 0 aromatic heterocycles. The normalized spacial score (nSPS) is 13.6. The lowest BCUT2D eigenvalue weighted by Gasteiger charge is -2.30. The number of carbonyl (C=O) groups excluding carboxylic acids is 1. The molecule has 4 aromatic carbocycles. The lowest BCUT2D eigenvalue weighted by Crippen LogP contribution is -2.43. The Labute approximate surface area is 311 Å². The first-order valence-electron chi connectivity index (χ1n) is 16.6. The molecule has 0 saturated heterocycles. The predicted molar refractivity (Wildman–Crippen MR) is 184 cm³/mol. The summed E-state index contributed by atoms with van der Waals surface area (Å²) in [7, 11) is -4.88. The van der Waals surface area contributed by atoms with Crippen LogP contribution in [0.5, 0.6) is 5.75 Å². The molecule has 17 heteroatoms. The molecule has 8 nitrogen and oxygen atoms in total. The molecule has 1 aliphatic rings. The van der Waals surface area contributed by atoms with Gasteiger partial charge in [0, 0.05) is 6.54 Å². The average Bonchev–Trinajstić information content (AvgIpc) is 3.97. The van der Waals surface area contributed by atoms with Gasteiger partial charge in [-0.2, -0.15) is 17.5 Å². The molecule has 1 saturated carbocycles. The number of benzene rings is 4. The molecule has 1 aliphatic carbocycles. The number of amides is 1. The van der Waals surface area contributed by atoms with Crippen LogP contribution < -0.4 is 9.64 Å². The number of ether oxygens (including phenoxy) is 1. The largest absolute Gasteiger partial charge is 0.495 e. The van der Waals surface area contributed by atoms with Crippen molar-refractivity contribution in [1.29, 1.82) is 0 Å². The Balaban J connectivity index is 1.70. The van der Waals surface area contributed by atoms with E-state index in [1.807, 2.05) is 26.8 Å². The smallest absolute Gasteiger partial charge is 0.416 e. The zero-order valence-electron chi connectivity index (χ0n) is 29.7. The third kappa shape index (κ3) is 8.62. The highest BCUT2D eigenvalue weighted by Gasteiger charge is 2.41. The summed E-state index contributed by atoms with van der Waals surface area (Å²) in [5.41, 5.74) is -0.780. The van der Waals surface area contributed by atoms with E-state index in [4.69, 9.17) is 4.74 Å². The van der Waals surface area contributed by atoms with Gasteiger partial charge in [0.2, 0.25) is 21.7 Å². The topological polar surface area (TPSA) is 104 Å². The van der Waals surface area contributed by atoms with Gasteiger partial charge in [-0.3, -0.25) is 4.79 Å². The number of halogens is 8. The molecule has 4 aromatic rings. The van der Waals surface area contributed by atoms with Crippen LogP contribution in [-0.4, -0.2) is 43.4 Å². The van der Waals surface area contributed by atoms with Crippen molar-refractivity contribution in [1.82, 2.24) is 4.31 Å². The summed E-state index contributed by atoms with van der Waals surface area (Å²) in [6.07, 6.45) is -3.32. The van der Waals surface area contributed by atoms with E-state index in [9.17, 15) is 49.5 Å². The van der Waals surface area contributed by atoms with Gasteiger partial charge in [-0.05, 0) is 70.7 Å². The Bertz CT molecular complexity index is 2240. The van der Waals surface area contributed by atoms with Crippen LogP contribution in [0.1, 0.15) is 77.7 Å². The first-order valence-corrected chi connectivity index (χ1v) is 18.0. The Kier molecular flexibility index (Phi) is 11.4. The van der Waals surface area contributed by atoms with E-state index in [1.54, 1.807) is 12.1 Å². The van der Waals surface area contributed by atoms with Crippen LogP contribution in [0.25, 0.3) is 0 Å². The van der Waals surface area contributed by atoms with Gasteiger partial charge >= 0.3 is 12.1 Å². The lowest BCUT2D eigenvalue weighted by atomic mass is 9.84. The minimum absolute atomic E-state index is 0.121. The first-order chi connectivity index (χ1) is 25.6. The molecule has 0 radical (unpaired) electrons. The summed E-state index contributed by atoms with van der Waals surface area (Å²) >= 11 is 0. The number of carboxylic acid groups (broad SMARTS) is 1. The number of carboxylic acids is 1. The number of alkyl halides is 3. The molecule has 0 aliphatic heterocycles. The lowest BCUT2D eigenvalue weighted by molar-refractivity contribution is -0.138. The van der Waals surface area contributed by atoms with Crippen molar-refractivity contribution >= 4 is 27.6 Å². The predicted octanol–water partition coefficient (Wildman–Crippen LogP) is 8.71.